The van der Waals surface area contributed by atoms with E-state index in [0.717, 1.165) is 11.9 Å². The number of methoxy groups -OCH3 is 1. The van der Waals surface area contributed by atoms with Crippen molar-refractivity contribution in [2.24, 2.45) is 0 Å². The lowest BCUT2D eigenvalue weighted by molar-refractivity contribution is 0.0671. The molecule has 1 amide bonds. The zero-order chi connectivity index (χ0) is 18.0. The maximum absolute atomic E-state index is 12.8. The topological polar surface area (TPSA) is 93.5 Å². The summed E-state index contributed by atoms with van der Waals surface area (Å²) < 4.78 is 32.2. The second kappa shape index (κ2) is 6.85. The molecule has 0 fully saturated rings. The van der Waals surface area contributed by atoms with E-state index in [4.69, 9.17) is 4.74 Å². The van der Waals surface area contributed by atoms with Gasteiger partial charge in [0.15, 0.2) is 0 Å². The molecule has 1 aromatic carbocycles. The minimum Gasteiger partial charge on any atom is -0.497 e. The number of ether oxygens (including phenoxy) is 1. The molecule has 1 aliphatic rings. The fourth-order valence-corrected chi connectivity index (χ4v) is 3.35. The largest absolute Gasteiger partial charge is 0.497 e. The van der Waals surface area contributed by atoms with Gasteiger partial charge >= 0.3 is 0 Å². The van der Waals surface area contributed by atoms with Crippen LogP contribution in [0.25, 0.3) is 0 Å². The molecule has 134 valence electrons. The van der Waals surface area contributed by atoms with Crippen LogP contribution in [0, 0.1) is 0 Å². The molecule has 25 heavy (non-hydrogen) atoms. The normalized spacial score (nSPS) is 17.2. The second-order valence-corrected chi connectivity index (χ2v) is 7.79. The third-order valence-corrected chi connectivity index (χ3v) is 4.78. The maximum atomic E-state index is 12.8. The van der Waals surface area contributed by atoms with E-state index in [1.807, 2.05) is 6.07 Å². The zero-order valence-electron chi connectivity index (χ0n) is 14.0. The highest BCUT2D eigenvalue weighted by Gasteiger charge is 2.29. The monoisotopic (exact) mass is 364 g/mol. The van der Waals surface area contributed by atoms with Gasteiger partial charge in [0.05, 0.1) is 31.6 Å². The summed E-state index contributed by atoms with van der Waals surface area (Å²) in [5.74, 6) is 0.572. The molecule has 0 saturated heterocycles. The van der Waals surface area contributed by atoms with Gasteiger partial charge < -0.3 is 9.64 Å². The van der Waals surface area contributed by atoms with E-state index in [-0.39, 0.29) is 18.5 Å². The highest BCUT2D eigenvalue weighted by molar-refractivity contribution is 7.88. The first kappa shape index (κ1) is 17.4. The van der Waals surface area contributed by atoms with Gasteiger partial charge in [0.1, 0.15) is 5.75 Å². The predicted molar refractivity (Wildman–Crippen MR) is 91.8 cm³/mol. The molecule has 1 unspecified atom stereocenters. The standard InChI is InChI=1S/C16H20N4O4S/c1-24-15-5-3-12(4-6-15)16(21)19-10-13-7-8-17-20(13)14(11-19)9-18-25(2,22)23/h3-8,14,18H,9-11H2,1-2H3. The van der Waals surface area contributed by atoms with Gasteiger partial charge in [-0.25, -0.2) is 13.1 Å². The number of amides is 1. The molecule has 0 radical (unpaired) electrons. The number of sulfonamides is 1. The van der Waals surface area contributed by atoms with Crippen LogP contribution in [0.15, 0.2) is 36.5 Å². The lowest BCUT2D eigenvalue weighted by Gasteiger charge is -2.34. The number of benzene rings is 1. The molecule has 1 aliphatic heterocycles. The summed E-state index contributed by atoms with van der Waals surface area (Å²) in [6, 6.07) is 8.50. The Balaban J connectivity index is 1.79. The Morgan fingerprint density at radius 1 is 1.32 bits per heavy atom. The van der Waals surface area contributed by atoms with Gasteiger partial charge in [-0.05, 0) is 30.3 Å². The van der Waals surface area contributed by atoms with Gasteiger partial charge in [0.25, 0.3) is 5.91 Å². The van der Waals surface area contributed by atoms with Crippen molar-refractivity contribution in [3.63, 3.8) is 0 Å². The highest BCUT2D eigenvalue weighted by atomic mass is 32.2. The van der Waals surface area contributed by atoms with Crippen molar-refractivity contribution in [3.05, 3.63) is 47.8 Å². The van der Waals surface area contributed by atoms with Crippen LogP contribution >= 0.6 is 0 Å². The molecule has 3 rings (SSSR count). The summed E-state index contributed by atoms with van der Waals surface area (Å²) in [4.78, 5) is 14.5. The minimum absolute atomic E-state index is 0.112. The first-order valence-corrected chi connectivity index (χ1v) is 9.67. The fourth-order valence-electron chi connectivity index (χ4n) is 2.86. The van der Waals surface area contributed by atoms with Crippen molar-refractivity contribution in [3.8, 4) is 5.75 Å². The van der Waals surface area contributed by atoms with Crippen LogP contribution in [0.5, 0.6) is 5.75 Å². The third kappa shape index (κ3) is 3.99. The Labute approximate surface area is 146 Å². The summed E-state index contributed by atoms with van der Waals surface area (Å²) in [5, 5.41) is 4.26. The Kier molecular flexibility index (Phi) is 4.78. The third-order valence-electron chi connectivity index (χ3n) is 4.09. The molecule has 0 aliphatic carbocycles. The first-order chi connectivity index (χ1) is 11.9. The molecular weight excluding hydrogens is 344 g/mol. The number of nitrogens with one attached hydrogen (secondary N) is 1. The Bertz CT molecular complexity index is 861. The molecular formula is C16H20N4O4S. The summed E-state index contributed by atoms with van der Waals surface area (Å²) >= 11 is 0. The highest BCUT2D eigenvalue weighted by Crippen LogP contribution is 2.22. The quantitative estimate of drug-likeness (QED) is 0.840. The SMILES string of the molecule is COc1ccc(C(=O)N2Cc3ccnn3C(CNS(C)(=O)=O)C2)cc1. The van der Waals surface area contributed by atoms with Crippen LogP contribution in [0.1, 0.15) is 22.1 Å². The fraction of sp³-hybridized carbons (Fsp3) is 0.375. The molecule has 8 nitrogen and oxygen atoms in total. The molecule has 1 N–H and O–H groups in total. The summed E-state index contributed by atoms with van der Waals surface area (Å²) in [6.07, 6.45) is 2.77. The molecule has 0 spiro atoms. The van der Waals surface area contributed by atoms with Gasteiger partial charge in [-0.3, -0.25) is 9.48 Å². The number of carbonyl (C=O) groups excluding carboxylic acids is 1. The van der Waals surface area contributed by atoms with Gasteiger partial charge in [-0.2, -0.15) is 5.10 Å². The van der Waals surface area contributed by atoms with Crippen molar-refractivity contribution in [2.45, 2.75) is 12.6 Å². The number of carbonyl (C=O) groups is 1. The van der Waals surface area contributed by atoms with Gasteiger partial charge in [0, 0.05) is 24.8 Å². The average molecular weight is 364 g/mol. The summed E-state index contributed by atoms with van der Waals surface area (Å²) in [6.45, 7) is 0.988. The Hall–Kier alpha value is -2.39. The lowest BCUT2D eigenvalue weighted by Crippen LogP contribution is -2.45. The van der Waals surface area contributed by atoms with Crippen LogP contribution < -0.4 is 9.46 Å². The second-order valence-electron chi connectivity index (χ2n) is 5.96. The molecule has 9 heteroatoms. The van der Waals surface area contributed by atoms with E-state index in [2.05, 4.69) is 9.82 Å². The van der Waals surface area contributed by atoms with E-state index in [0.29, 0.717) is 24.4 Å². The number of fused-ring (bicyclic) bond motifs is 1. The molecule has 0 bridgehead atoms. The van der Waals surface area contributed by atoms with Crippen LogP contribution in [0.3, 0.4) is 0 Å². The number of nitrogens with zero attached hydrogens (tertiary/aromatic N) is 3. The van der Waals surface area contributed by atoms with Crippen molar-refractivity contribution in [1.29, 1.82) is 0 Å². The van der Waals surface area contributed by atoms with Crippen molar-refractivity contribution < 1.29 is 17.9 Å². The van der Waals surface area contributed by atoms with E-state index in [1.54, 1.807) is 47.2 Å². The van der Waals surface area contributed by atoms with Crippen LogP contribution in [-0.4, -0.2) is 55.5 Å². The Morgan fingerprint density at radius 3 is 2.68 bits per heavy atom. The number of hydrogen-bond acceptors (Lipinski definition) is 5. The van der Waals surface area contributed by atoms with E-state index >= 15 is 0 Å². The number of rotatable bonds is 5. The molecule has 1 aromatic heterocycles. The van der Waals surface area contributed by atoms with Crippen LogP contribution in [0.2, 0.25) is 0 Å². The molecule has 1 atom stereocenters. The van der Waals surface area contributed by atoms with E-state index in [1.165, 1.54) is 0 Å². The van der Waals surface area contributed by atoms with Crippen molar-refractivity contribution in [2.75, 3.05) is 26.5 Å². The van der Waals surface area contributed by atoms with Gasteiger partial charge in [0.2, 0.25) is 10.0 Å². The van der Waals surface area contributed by atoms with Gasteiger partial charge in [-0.1, -0.05) is 0 Å². The first-order valence-electron chi connectivity index (χ1n) is 7.78. The van der Waals surface area contributed by atoms with Crippen LogP contribution in [0.4, 0.5) is 0 Å². The average Bonchev–Trinajstić information content (AvgIpc) is 3.07. The maximum Gasteiger partial charge on any atom is 0.254 e. The molecule has 2 aromatic rings. The van der Waals surface area contributed by atoms with Crippen LogP contribution in [-0.2, 0) is 16.6 Å². The lowest BCUT2D eigenvalue weighted by atomic mass is 10.1. The molecule has 0 saturated carbocycles. The van der Waals surface area contributed by atoms with E-state index in [9.17, 15) is 13.2 Å². The van der Waals surface area contributed by atoms with Crippen molar-refractivity contribution >= 4 is 15.9 Å². The summed E-state index contributed by atoms with van der Waals surface area (Å²) in [5.41, 5.74) is 1.43. The summed E-state index contributed by atoms with van der Waals surface area (Å²) in [7, 11) is -1.74. The number of hydrogen-bond donors (Lipinski definition) is 1. The smallest absolute Gasteiger partial charge is 0.254 e. The van der Waals surface area contributed by atoms with Gasteiger partial charge in [-0.15, -0.1) is 0 Å². The van der Waals surface area contributed by atoms with Crippen molar-refractivity contribution in [1.82, 2.24) is 19.4 Å². The van der Waals surface area contributed by atoms with E-state index < -0.39 is 10.0 Å². The predicted octanol–water partition coefficient (Wildman–Crippen LogP) is 0.638. The number of aromatic nitrogens is 2. The minimum atomic E-state index is -3.32. The zero-order valence-corrected chi connectivity index (χ0v) is 14.9. The molecule has 2 heterocycles. The Morgan fingerprint density at radius 2 is 2.04 bits per heavy atom.